The van der Waals surface area contributed by atoms with Gasteiger partial charge in [0.05, 0.1) is 5.70 Å². The van der Waals surface area contributed by atoms with Gasteiger partial charge in [0.15, 0.2) is 0 Å². The van der Waals surface area contributed by atoms with E-state index in [-0.39, 0.29) is 0 Å². The number of aliphatic imine (C=N–C) groups is 1. The standard InChI is InChI=1S/C14H17ClN2/c15-8-10-17(12-14-7-4-9-16-14)11-13-5-2-1-3-6-13/h1-3,5-7,9H,4,8,10-12H2. The van der Waals surface area contributed by atoms with Crippen molar-refractivity contribution < 1.29 is 0 Å². The number of allylic oxidation sites excluding steroid dienone is 1. The van der Waals surface area contributed by atoms with Gasteiger partial charge >= 0.3 is 0 Å². The Morgan fingerprint density at radius 3 is 2.65 bits per heavy atom. The molecule has 0 spiro atoms. The lowest BCUT2D eigenvalue weighted by Gasteiger charge is -2.21. The minimum Gasteiger partial charge on any atom is -0.292 e. The van der Waals surface area contributed by atoms with Crippen LogP contribution < -0.4 is 0 Å². The van der Waals surface area contributed by atoms with Crippen molar-refractivity contribution in [1.82, 2.24) is 4.90 Å². The fourth-order valence-corrected chi connectivity index (χ4v) is 2.16. The SMILES string of the molecule is ClCCN(CC1=CCC=N1)Cc1ccccc1. The Kier molecular flexibility index (Phi) is 4.77. The van der Waals surface area contributed by atoms with Gasteiger partial charge < -0.3 is 0 Å². The fourth-order valence-electron chi connectivity index (χ4n) is 1.92. The molecule has 0 saturated carbocycles. The molecule has 90 valence electrons. The quantitative estimate of drug-likeness (QED) is 0.707. The van der Waals surface area contributed by atoms with E-state index in [2.05, 4.69) is 40.2 Å². The molecule has 1 aliphatic rings. The number of hydrogen-bond acceptors (Lipinski definition) is 2. The van der Waals surface area contributed by atoms with Crippen LogP contribution in [0.25, 0.3) is 0 Å². The third-order valence-electron chi connectivity index (χ3n) is 2.75. The molecule has 1 aromatic rings. The molecule has 1 heterocycles. The monoisotopic (exact) mass is 248 g/mol. The van der Waals surface area contributed by atoms with E-state index >= 15 is 0 Å². The molecule has 0 unspecified atom stereocenters. The van der Waals surface area contributed by atoms with Crippen molar-refractivity contribution in [1.29, 1.82) is 0 Å². The molecule has 0 aliphatic carbocycles. The van der Waals surface area contributed by atoms with E-state index in [1.54, 1.807) is 0 Å². The van der Waals surface area contributed by atoms with Crippen molar-refractivity contribution in [3.63, 3.8) is 0 Å². The first kappa shape index (κ1) is 12.3. The summed E-state index contributed by atoms with van der Waals surface area (Å²) in [6.45, 7) is 2.71. The predicted octanol–water partition coefficient (Wildman–Crippen LogP) is 3.09. The molecule has 0 saturated heterocycles. The third-order valence-corrected chi connectivity index (χ3v) is 2.92. The van der Waals surface area contributed by atoms with Crippen molar-refractivity contribution in [2.75, 3.05) is 19.0 Å². The van der Waals surface area contributed by atoms with E-state index in [9.17, 15) is 0 Å². The number of nitrogens with zero attached hydrogens (tertiary/aromatic N) is 2. The molecule has 0 atom stereocenters. The van der Waals surface area contributed by atoms with Gasteiger partial charge in [0.25, 0.3) is 0 Å². The summed E-state index contributed by atoms with van der Waals surface area (Å²) in [4.78, 5) is 6.68. The molecule has 0 radical (unpaired) electrons. The number of halogens is 1. The minimum atomic E-state index is 0.657. The lowest BCUT2D eigenvalue weighted by Crippen LogP contribution is -2.27. The zero-order chi connectivity index (χ0) is 11.9. The molecule has 0 bridgehead atoms. The van der Waals surface area contributed by atoms with Gasteiger partial charge in [-0.15, -0.1) is 11.6 Å². The normalized spacial score (nSPS) is 14.4. The van der Waals surface area contributed by atoms with Gasteiger partial charge in [-0.3, -0.25) is 9.89 Å². The van der Waals surface area contributed by atoms with Crippen molar-refractivity contribution >= 4 is 17.8 Å². The highest BCUT2D eigenvalue weighted by molar-refractivity contribution is 6.18. The fraction of sp³-hybridized carbons (Fsp3) is 0.357. The summed E-state index contributed by atoms with van der Waals surface area (Å²) in [6.07, 6.45) is 5.10. The first-order valence-electron chi connectivity index (χ1n) is 5.92. The molecule has 17 heavy (non-hydrogen) atoms. The summed E-state index contributed by atoms with van der Waals surface area (Å²) >= 11 is 5.85. The van der Waals surface area contributed by atoms with Gasteiger partial charge in [0, 0.05) is 38.1 Å². The first-order chi connectivity index (χ1) is 8.38. The molecule has 0 N–H and O–H groups in total. The first-order valence-corrected chi connectivity index (χ1v) is 6.46. The molecule has 1 aliphatic heterocycles. The number of rotatable bonds is 6. The third kappa shape index (κ3) is 3.99. The summed E-state index contributed by atoms with van der Waals surface area (Å²) in [7, 11) is 0. The number of benzene rings is 1. The highest BCUT2D eigenvalue weighted by atomic mass is 35.5. The zero-order valence-electron chi connectivity index (χ0n) is 9.85. The van der Waals surface area contributed by atoms with Crippen LogP contribution in [0, 0.1) is 0 Å². The maximum absolute atomic E-state index is 5.85. The summed E-state index contributed by atoms with van der Waals surface area (Å²) in [5.74, 6) is 0.657. The Morgan fingerprint density at radius 1 is 1.18 bits per heavy atom. The molecule has 0 aromatic heterocycles. The summed E-state index contributed by atoms with van der Waals surface area (Å²) in [5, 5.41) is 0. The predicted molar refractivity (Wildman–Crippen MR) is 73.6 cm³/mol. The molecule has 2 nitrogen and oxygen atoms in total. The average molecular weight is 249 g/mol. The molecular formula is C14H17ClN2. The topological polar surface area (TPSA) is 15.6 Å². The smallest absolute Gasteiger partial charge is 0.0504 e. The van der Waals surface area contributed by atoms with E-state index < -0.39 is 0 Å². The van der Waals surface area contributed by atoms with E-state index in [0.717, 1.165) is 31.8 Å². The van der Waals surface area contributed by atoms with Gasteiger partial charge in [-0.05, 0) is 5.56 Å². The van der Waals surface area contributed by atoms with Crippen molar-refractivity contribution in [2.24, 2.45) is 4.99 Å². The van der Waals surface area contributed by atoms with Gasteiger partial charge in [0.2, 0.25) is 0 Å². The van der Waals surface area contributed by atoms with Gasteiger partial charge in [0.1, 0.15) is 0 Å². The van der Waals surface area contributed by atoms with Crippen molar-refractivity contribution in [3.8, 4) is 0 Å². The second kappa shape index (κ2) is 6.58. The van der Waals surface area contributed by atoms with Crippen LogP contribution >= 0.6 is 11.6 Å². The Morgan fingerprint density at radius 2 is 2.00 bits per heavy atom. The average Bonchev–Trinajstić information content (AvgIpc) is 2.83. The number of alkyl halides is 1. The lowest BCUT2D eigenvalue weighted by atomic mass is 10.2. The van der Waals surface area contributed by atoms with E-state index in [4.69, 9.17) is 11.6 Å². The largest absolute Gasteiger partial charge is 0.292 e. The summed E-state index contributed by atoms with van der Waals surface area (Å²) < 4.78 is 0. The van der Waals surface area contributed by atoms with Gasteiger partial charge in [-0.2, -0.15) is 0 Å². The van der Waals surface area contributed by atoms with Crippen LogP contribution in [-0.4, -0.2) is 30.1 Å². The Labute approximate surface area is 108 Å². The highest BCUT2D eigenvalue weighted by Gasteiger charge is 2.09. The van der Waals surface area contributed by atoms with Crippen LogP contribution in [-0.2, 0) is 6.54 Å². The van der Waals surface area contributed by atoms with Crippen LogP contribution in [0.2, 0.25) is 0 Å². The van der Waals surface area contributed by atoms with Crippen LogP contribution in [0.5, 0.6) is 0 Å². The molecule has 1 aromatic carbocycles. The second-order valence-corrected chi connectivity index (χ2v) is 4.51. The minimum absolute atomic E-state index is 0.657. The molecule has 2 rings (SSSR count). The van der Waals surface area contributed by atoms with Crippen LogP contribution in [0.3, 0.4) is 0 Å². The highest BCUT2D eigenvalue weighted by Crippen LogP contribution is 2.11. The maximum Gasteiger partial charge on any atom is 0.0504 e. The van der Waals surface area contributed by atoms with Crippen LogP contribution in [0.15, 0.2) is 47.1 Å². The summed E-state index contributed by atoms with van der Waals surface area (Å²) in [6, 6.07) is 10.5. The van der Waals surface area contributed by atoms with E-state index in [1.807, 2.05) is 12.3 Å². The van der Waals surface area contributed by atoms with E-state index in [0.29, 0.717) is 5.88 Å². The molecule has 3 heteroatoms. The van der Waals surface area contributed by atoms with Crippen molar-refractivity contribution in [2.45, 2.75) is 13.0 Å². The summed E-state index contributed by atoms with van der Waals surface area (Å²) in [5.41, 5.74) is 2.48. The van der Waals surface area contributed by atoms with Crippen LogP contribution in [0.1, 0.15) is 12.0 Å². The molecular weight excluding hydrogens is 232 g/mol. The maximum atomic E-state index is 5.85. The second-order valence-electron chi connectivity index (χ2n) is 4.13. The van der Waals surface area contributed by atoms with Crippen LogP contribution in [0.4, 0.5) is 0 Å². The molecule has 0 amide bonds. The Bertz CT molecular complexity index is 398. The Balaban J connectivity index is 1.94. The zero-order valence-corrected chi connectivity index (χ0v) is 10.6. The molecule has 0 fully saturated rings. The number of hydrogen-bond donors (Lipinski definition) is 0. The van der Waals surface area contributed by atoms with Gasteiger partial charge in [-0.1, -0.05) is 36.4 Å². The van der Waals surface area contributed by atoms with Gasteiger partial charge in [-0.25, -0.2) is 0 Å². The Hall–Kier alpha value is -1.12. The van der Waals surface area contributed by atoms with Crippen molar-refractivity contribution in [3.05, 3.63) is 47.7 Å². The lowest BCUT2D eigenvalue weighted by molar-refractivity contribution is 0.305. The van der Waals surface area contributed by atoms with E-state index in [1.165, 1.54) is 5.56 Å².